The second-order valence-electron chi connectivity index (χ2n) is 5.64. The van der Waals surface area contributed by atoms with Gasteiger partial charge in [-0.2, -0.15) is 0 Å². The van der Waals surface area contributed by atoms with Gasteiger partial charge in [0.05, 0.1) is 5.69 Å². The van der Waals surface area contributed by atoms with E-state index in [9.17, 15) is 9.59 Å². The highest BCUT2D eigenvalue weighted by atomic mass is 16.2. The molecular formula is C18H18N4O2. The van der Waals surface area contributed by atoms with E-state index in [0.29, 0.717) is 22.8 Å². The third-order valence-electron chi connectivity index (χ3n) is 3.70. The molecule has 1 aromatic carbocycles. The fourth-order valence-corrected chi connectivity index (χ4v) is 2.62. The van der Waals surface area contributed by atoms with Crippen LogP contribution in [-0.2, 0) is 4.79 Å². The minimum Gasteiger partial charge on any atom is -0.326 e. The Morgan fingerprint density at radius 3 is 2.25 bits per heavy atom. The number of pyridine rings is 1. The van der Waals surface area contributed by atoms with Gasteiger partial charge in [-0.3, -0.25) is 14.0 Å². The number of carbonyl (C=O) groups excluding carboxylic acids is 2. The van der Waals surface area contributed by atoms with Crippen LogP contribution < -0.4 is 10.6 Å². The monoisotopic (exact) mass is 322 g/mol. The van der Waals surface area contributed by atoms with Gasteiger partial charge >= 0.3 is 0 Å². The molecule has 0 saturated heterocycles. The largest absolute Gasteiger partial charge is 0.326 e. The smallest absolute Gasteiger partial charge is 0.274 e. The zero-order valence-electron chi connectivity index (χ0n) is 13.8. The van der Waals surface area contributed by atoms with E-state index in [2.05, 4.69) is 15.6 Å². The van der Waals surface area contributed by atoms with Crippen LogP contribution in [0.2, 0.25) is 0 Å². The molecule has 0 fully saturated rings. The van der Waals surface area contributed by atoms with E-state index in [0.717, 1.165) is 11.2 Å². The number of anilines is 2. The van der Waals surface area contributed by atoms with Crippen molar-refractivity contribution < 1.29 is 9.59 Å². The first-order valence-corrected chi connectivity index (χ1v) is 7.59. The molecule has 6 heteroatoms. The molecule has 2 N–H and O–H groups in total. The summed E-state index contributed by atoms with van der Waals surface area (Å²) >= 11 is 0. The molecule has 0 unspecified atom stereocenters. The molecule has 0 aliphatic heterocycles. The molecule has 3 aromatic rings. The summed E-state index contributed by atoms with van der Waals surface area (Å²) in [5, 5.41) is 5.55. The van der Waals surface area contributed by atoms with E-state index in [1.54, 1.807) is 28.7 Å². The van der Waals surface area contributed by atoms with E-state index in [4.69, 9.17) is 0 Å². The van der Waals surface area contributed by atoms with Crippen LogP contribution in [0.3, 0.4) is 0 Å². The molecule has 2 amide bonds. The molecule has 0 aliphatic rings. The molecule has 0 atom stereocenters. The maximum absolute atomic E-state index is 12.6. The van der Waals surface area contributed by atoms with Crippen LogP contribution in [0.25, 0.3) is 5.65 Å². The molecule has 24 heavy (non-hydrogen) atoms. The van der Waals surface area contributed by atoms with Crippen molar-refractivity contribution >= 4 is 28.8 Å². The number of carbonyl (C=O) groups is 2. The van der Waals surface area contributed by atoms with Crippen molar-refractivity contribution in [2.45, 2.75) is 20.8 Å². The van der Waals surface area contributed by atoms with Gasteiger partial charge in [0.2, 0.25) is 5.91 Å². The summed E-state index contributed by atoms with van der Waals surface area (Å²) in [6.45, 7) is 5.23. The highest BCUT2D eigenvalue weighted by Crippen LogP contribution is 2.18. The summed E-state index contributed by atoms with van der Waals surface area (Å²) in [7, 11) is 0. The number of hydrogen-bond acceptors (Lipinski definition) is 3. The van der Waals surface area contributed by atoms with Gasteiger partial charge in [0.1, 0.15) is 11.3 Å². The van der Waals surface area contributed by atoms with Crippen molar-refractivity contribution in [1.29, 1.82) is 0 Å². The lowest BCUT2D eigenvalue weighted by molar-refractivity contribution is -0.114. The number of fused-ring (bicyclic) bond motifs is 1. The molecule has 0 saturated carbocycles. The summed E-state index contributed by atoms with van der Waals surface area (Å²) in [6.07, 6.45) is 1.83. The lowest BCUT2D eigenvalue weighted by Crippen LogP contribution is -2.15. The van der Waals surface area contributed by atoms with Crippen molar-refractivity contribution in [2.75, 3.05) is 10.6 Å². The number of imidazole rings is 1. The Bertz CT molecular complexity index is 926. The number of nitrogens with one attached hydrogen (secondary N) is 2. The fourth-order valence-electron chi connectivity index (χ4n) is 2.62. The molecule has 0 bridgehead atoms. The summed E-state index contributed by atoms with van der Waals surface area (Å²) in [6, 6.07) is 10.8. The van der Waals surface area contributed by atoms with Gasteiger partial charge in [0.25, 0.3) is 5.91 Å². The third kappa shape index (κ3) is 2.99. The van der Waals surface area contributed by atoms with Crippen molar-refractivity contribution in [3.05, 3.63) is 59.5 Å². The van der Waals surface area contributed by atoms with E-state index in [1.165, 1.54) is 6.92 Å². The predicted molar refractivity (Wildman–Crippen MR) is 93.4 cm³/mol. The standard InChI is InChI=1S/C18H18N4O2/c1-11-5-4-10-22-16(12(2)19-17(11)22)18(24)21-15-8-6-14(7-9-15)20-13(3)23/h4-10H,1-3H3,(H,20,23)(H,21,24). The van der Waals surface area contributed by atoms with Gasteiger partial charge in [-0.05, 0) is 49.7 Å². The molecule has 0 aliphatic carbocycles. The minimum absolute atomic E-state index is 0.136. The van der Waals surface area contributed by atoms with Crippen LogP contribution in [0.5, 0.6) is 0 Å². The Hall–Kier alpha value is -3.15. The van der Waals surface area contributed by atoms with Crippen molar-refractivity contribution in [3.63, 3.8) is 0 Å². The molecule has 2 heterocycles. The van der Waals surface area contributed by atoms with Gasteiger partial charge in [0.15, 0.2) is 0 Å². The second-order valence-corrected chi connectivity index (χ2v) is 5.64. The Morgan fingerprint density at radius 2 is 1.62 bits per heavy atom. The van der Waals surface area contributed by atoms with Crippen LogP contribution in [0.4, 0.5) is 11.4 Å². The number of aryl methyl sites for hydroxylation is 2. The van der Waals surface area contributed by atoms with E-state index < -0.39 is 0 Å². The Labute approximate surface area is 139 Å². The van der Waals surface area contributed by atoms with Crippen LogP contribution in [0.15, 0.2) is 42.6 Å². The molecule has 3 rings (SSSR count). The maximum atomic E-state index is 12.6. The van der Waals surface area contributed by atoms with Crippen LogP contribution >= 0.6 is 0 Å². The number of amides is 2. The first kappa shape index (κ1) is 15.7. The second kappa shape index (κ2) is 6.16. The molecule has 0 spiro atoms. The summed E-state index contributed by atoms with van der Waals surface area (Å²) in [5.41, 5.74) is 4.31. The topological polar surface area (TPSA) is 75.5 Å². The van der Waals surface area contributed by atoms with Crippen molar-refractivity contribution in [1.82, 2.24) is 9.38 Å². The molecule has 6 nitrogen and oxygen atoms in total. The predicted octanol–water partition coefficient (Wildman–Crippen LogP) is 3.16. The normalized spacial score (nSPS) is 10.6. The van der Waals surface area contributed by atoms with Gasteiger partial charge in [-0.25, -0.2) is 4.98 Å². The van der Waals surface area contributed by atoms with Gasteiger partial charge in [0, 0.05) is 24.5 Å². The average Bonchev–Trinajstić information content (AvgIpc) is 2.86. The quantitative estimate of drug-likeness (QED) is 0.778. The summed E-state index contributed by atoms with van der Waals surface area (Å²) in [4.78, 5) is 28.1. The molecular weight excluding hydrogens is 304 g/mol. The SMILES string of the molecule is CC(=O)Nc1ccc(NC(=O)c2c(C)nc3c(C)cccn23)cc1. The van der Waals surface area contributed by atoms with Gasteiger partial charge < -0.3 is 10.6 Å². The highest BCUT2D eigenvalue weighted by Gasteiger charge is 2.17. The third-order valence-corrected chi connectivity index (χ3v) is 3.70. The lowest BCUT2D eigenvalue weighted by Gasteiger charge is -2.08. The minimum atomic E-state index is -0.224. The van der Waals surface area contributed by atoms with Gasteiger partial charge in [-0.1, -0.05) is 6.07 Å². The first-order valence-electron chi connectivity index (χ1n) is 7.59. The van der Waals surface area contributed by atoms with E-state index in [-0.39, 0.29) is 11.8 Å². The molecule has 2 aromatic heterocycles. The fraction of sp³-hybridized carbons (Fsp3) is 0.167. The number of rotatable bonds is 3. The van der Waals surface area contributed by atoms with Gasteiger partial charge in [-0.15, -0.1) is 0 Å². The number of hydrogen-bond donors (Lipinski definition) is 2. The number of aromatic nitrogens is 2. The number of nitrogens with zero attached hydrogens (tertiary/aromatic N) is 2. The summed E-state index contributed by atoms with van der Waals surface area (Å²) < 4.78 is 1.80. The Balaban J connectivity index is 1.86. The molecule has 0 radical (unpaired) electrons. The van der Waals surface area contributed by atoms with Crippen LogP contribution in [-0.4, -0.2) is 21.2 Å². The van der Waals surface area contributed by atoms with Crippen LogP contribution in [0.1, 0.15) is 28.7 Å². The van der Waals surface area contributed by atoms with Crippen molar-refractivity contribution in [2.24, 2.45) is 0 Å². The average molecular weight is 322 g/mol. The molecule has 122 valence electrons. The zero-order chi connectivity index (χ0) is 17.3. The zero-order valence-corrected chi connectivity index (χ0v) is 13.8. The summed E-state index contributed by atoms with van der Waals surface area (Å²) in [5.74, 6) is -0.360. The maximum Gasteiger partial charge on any atom is 0.274 e. The Kier molecular flexibility index (Phi) is 4.04. The highest BCUT2D eigenvalue weighted by molar-refractivity contribution is 6.04. The number of benzene rings is 1. The van der Waals surface area contributed by atoms with Crippen molar-refractivity contribution in [3.8, 4) is 0 Å². The lowest BCUT2D eigenvalue weighted by atomic mass is 10.2. The first-order chi connectivity index (χ1) is 11.5. The van der Waals surface area contributed by atoms with E-state index in [1.807, 2.05) is 32.2 Å². The Morgan fingerprint density at radius 1 is 1.00 bits per heavy atom. The van der Waals surface area contributed by atoms with Crippen LogP contribution in [0, 0.1) is 13.8 Å². The van der Waals surface area contributed by atoms with E-state index >= 15 is 0 Å².